The molecule has 0 spiro atoms. The maximum Gasteiger partial charge on any atom is 0.137 e. The summed E-state index contributed by atoms with van der Waals surface area (Å²) in [5.41, 5.74) is 0.499. The van der Waals surface area contributed by atoms with E-state index in [9.17, 15) is 5.11 Å². The van der Waals surface area contributed by atoms with Crippen LogP contribution in [0.3, 0.4) is 0 Å². The number of rotatable bonds is 5. The third-order valence-corrected chi connectivity index (χ3v) is 2.18. The van der Waals surface area contributed by atoms with E-state index in [-0.39, 0.29) is 6.61 Å². The largest absolute Gasteiger partial charge is 0.490 e. The normalized spacial score (nSPS) is 12.2. The first-order chi connectivity index (χ1) is 7.63. The molecule has 0 aliphatic rings. The number of para-hydroxylation sites is 1. The van der Waals surface area contributed by atoms with Crippen molar-refractivity contribution in [2.24, 2.45) is 5.92 Å². The molecule has 0 aliphatic carbocycles. The van der Waals surface area contributed by atoms with Gasteiger partial charge in [0.1, 0.15) is 18.4 Å². The highest BCUT2D eigenvalue weighted by atomic mass is 16.5. The van der Waals surface area contributed by atoms with Gasteiger partial charge < -0.3 is 9.84 Å². The van der Waals surface area contributed by atoms with Crippen molar-refractivity contribution in [3.8, 4) is 11.8 Å². The molecule has 1 unspecified atom stereocenters. The fourth-order valence-electron chi connectivity index (χ4n) is 1.48. The van der Waals surface area contributed by atoms with E-state index >= 15 is 0 Å². The van der Waals surface area contributed by atoms with Gasteiger partial charge in [-0.15, -0.1) is 0 Å². The lowest BCUT2D eigenvalue weighted by molar-refractivity contribution is 0.0891. The van der Waals surface area contributed by atoms with Gasteiger partial charge in [0.15, 0.2) is 0 Å². The number of benzene rings is 1. The van der Waals surface area contributed by atoms with Crippen LogP contribution in [0.15, 0.2) is 24.3 Å². The van der Waals surface area contributed by atoms with Crippen molar-refractivity contribution < 1.29 is 9.84 Å². The van der Waals surface area contributed by atoms with Crippen LogP contribution in [0.25, 0.3) is 0 Å². The minimum Gasteiger partial charge on any atom is -0.490 e. The minimum absolute atomic E-state index is 0.233. The van der Waals surface area contributed by atoms with E-state index in [2.05, 4.69) is 6.07 Å². The van der Waals surface area contributed by atoms with E-state index in [1.807, 2.05) is 19.9 Å². The van der Waals surface area contributed by atoms with Gasteiger partial charge in [-0.3, -0.25) is 0 Å². The van der Waals surface area contributed by atoms with Crippen LogP contribution in [0.5, 0.6) is 5.75 Å². The molecule has 0 fully saturated rings. The third kappa shape index (κ3) is 3.92. The van der Waals surface area contributed by atoms with E-state index in [1.165, 1.54) is 0 Å². The Morgan fingerprint density at radius 2 is 2.06 bits per heavy atom. The third-order valence-electron chi connectivity index (χ3n) is 2.18. The first kappa shape index (κ1) is 12.5. The summed E-state index contributed by atoms with van der Waals surface area (Å²) in [6.07, 6.45) is 0.223. The topological polar surface area (TPSA) is 53.2 Å². The van der Waals surface area contributed by atoms with Crippen LogP contribution in [-0.2, 0) is 0 Å². The summed E-state index contributed by atoms with van der Waals surface area (Å²) in [4.78, 5) is 0. The molecule has 16 heavy (non-hydrogen) atoms. The van der Waals surface area contributed by atoms with Crippen LogP contribution < -0.4 is 4.74 Å². The molecule has 0 saturated heterocycles. The zero-order valence-electron chi connectivity index (χ0n) is 9.68. The molecule has 0 saturated carbocycles. The second-order valence-electron chi connectivity index (χ2n) is 4.20. The van der Waals surface area contributed by atoms with Crippen LogP contribution in [0.4, 0.5) is 0 Å². The smallest absolute Gasteiger partial charge is 0.137 e. The maximum absolute atomic E-state index is 9.64. The Balaban J connectivity index is 2.52. The van der Waals surface area contributed by atoms with E-state index in [0.717, 1.165) is 0 Å². The second-order valence-corrected chi connectivity index (χ2v) is 4.20. The standard InChI is InChI=1S/C13H17NO2/c1-10(2)7-12(15)9-16-13-6-4-3-5-11(13)8-14/h3-6,10,12,15H,7,9H2,1-2H3. The SMILES string of the molecule is CC(C)CC(O)COc1ccccc1C#N. The Morgan fingerprint density at radius 1 is 1.38 bits per heavy atom. The number of hydrogen-bond acceptors (Lipinski definition) is 3. The second kappa shape index (κ2) is 6.14. The molecular formula is C13H17NO2. The summed E-state index contributed by atoms with van der Waals surface area (Å²) in [5.74, 6) is 0.970. The van der Waals surface area contributed by atoms with Crippen LogP contribution in [0.1, 0.15) is 25.8 Å². The van der Waals surface area contributed by atoms with Crippen molar-refractivity contribution in [2.75, 3.05) is 6.61 Å². The van der Waals surface area contributed by atoms with Crippen LogP contribution in [0.2, 0.25) is 0 Å². The number of ether oxygens (including phenoxy) is 1. The molecule has 1 rings (SSSR count). The average Bonchev–Trinajstić information content (AvgIpc) is 2.26. The van der Waals surface area contributed by atoms with Crippen molar-refractivity contribution >= 4 is 0 Å². The molecule has 1 aromatic rings. The lowest BCUT2D eigenvalue weighted by Gasteiger charge is -2.14. The van der Waals surface area contributed by atoms with Gasteiger partial charge in [-0.25, -0.2) is 0 Å². The molecule has 0 amide bonds. The van der Waals surface area contributed by atoms with Crippen molar-refractivity contribution in [3.05, 3.63) is 29.8 Å². The summed E-state index contributed by atoms with van der Waals surface area (Å²) in [6.45, 7) is 4.33. The van der Waals surface area contributed by atoms with Gasteiger partial charge in [0, 0.05) is 0 Å². The van der Waals surface area contributed by atoms with Crippen molar-refractivity contribution in [3.63, 3.8) is 0 Å². The highest BCUT2D eigenvalue weighted by Crippen LogP contribution is 2.17. The summed E-state index contributed by atoms with van der Waals surface area (Å²) in [6, 6.07) is 9.09. The van der Waals surface area contributed by atoms with E-state index in [1.54, 1.807) is 18.2 Å². The predicted octanol–water partition coefficient (Wildman–Crippen LogP) is 2.34. The maximum atomic E-state index is 9.64. The molecule has 1 aromatic carbocycles. The zero-order chi connectivity index (χ0) is 12.0. The molecule has 3 nitrogen and oxygen atoms in total. The van der Waals surface area contributed by atoms with Gasteiger partial charge in [-0.2, -0.15) is 5.26 Å². The van der Waals surface area contributed by atoms with E-state index < -0.39 is 6.10 Å². The number of nitriles is 1. The highest BCUT2D eigenvalue weighted by molar-refractivity contribution is 5.42. The molecule has 0 aliphatic heterocycles. The molecule has 0 bridgehead atoms. The van der Waals surface area contributed by atoms with Crippen molar-refractivity contribution in [1.29, 1.82) is 5.26 Å². The van der Waals surface area contributed by atoms with Gasteiger partial charge in [0.2, 0.25) is 0 Å². The van der Waals surface area contributed by atoms with Gasteiger partial charge in [-0.05, 0) is 24.5 Å². The first-order valence-electron chi connectivity index (χ1n) is 5.43. The lowest BCUT2D eigenvalue weighted by Crippen LogP contribution is -2.19. The number of aliphatic hydroxyl groups is 1. The van der Waals surface area contributed by atoms with Gasteiger partial charge in [0.25, 0.3) is 0 Å². The Kier molecular flexibility index (Phi) is 4.81. The number of hydrogen-bond donors (Lipinski definition) is 1. The molecule has 1 N–H and O–H groups in total. The molecule has 0 aromatic heterocycles. The Hall–Kier alpha value is -1.53. The van der Waals surface area contributed by atoms with Crippen LogP contribution in [-0.4, -0.2) is 17.8 Å². The lowest BCUT2D eigenvalue weighted by atomic mass is 10.1. The quantitative estimate of drug-likeness (QED) is 0.827. The minimum atomic E-state index is -0.480. The summed E-state index contributed by atoms with van der Waals surface area (Å²) >= 11 is 0. The molecule has 86 valence electrons. The molecule has 0 heterocycles. The average molecular weight is 219 g/mol. The van der Waals surface area contributed by atoms with Crippen molar-refractivity contribution in [2.45, 2.75) is 26.4 Å². The summed E-state index contributed by atoms with van der Waals surface area (Å²) in [7, 11) is 0. The van der Waals surface area contributed by atoms with Gasteiger partial charge in [0.05, 0.1) is 11.7 Å². The van der Waals surface area contributed by atoms with Crippen LogP contribution in [0, 0.1) is 17.2 Å². The van der Waals surface area contributed by atoms with Crippen LogP contribution >= 0.6 is 0 Å². The molecule has 0 radical (unpaired) electrons. The fraction of sp³-hybridized carbons (Fsp3) is 0.462. The fourth-order valence-corrected chi connectivity index (χ4v) is 1.48. The monoisotopic (exact) mass is 219 g/mol. The molecule has 1 atom stereocenters. The van der Waals surface area contributed by atoms with Gasteiger partial charge in [-0.1, -0.05) is 26.0 Å². The summed E-state index contributed by atoms with van der Waals surface area (Å²) in [5, 5.41) is 18.5. The summed E-state index contributed by atoms with van der Waals surface area (Å²) < 4.78 is 5.42. The van der Waals surface area contributed by atoms with Gasteiger partial charge >= 0.3 is 0 Å². The highest BCUT2D eigenvalue weighted by Gasteiger charge is 2.09. The van der Waals surface area contributed by atoms with E-state index in [4.69, 9.17) is 10.00 Å². The van der Waals surface area contributed by atoms with E-state index in [0.29, 0.717) is 23.7 Å². The first-order valence-corrected chi connectivity index (χ1v) is 5.43. The number of aliphatic hydroxyl groups excluding tert-OH is 1. The Bertz CT molecular complexity index is 368. The number of nitrogens with zero attached hydrogens (tertiary/aromatic N) is 1. The molecule has 3 heteroatoms. The Morgan fingerprint density at radius 3 is 2.69 bits per heavy atom. The Labute approximate surface area is 96.3 Å². The molecular weight excluding hydrogens is 202 g/mol. The predicted molar refractivity (Wildman–Crippen MR) is 62.1 cm³/mol. The van der Waals surface area contributed by atoms with Crippen molar-refractivity contribution in [1.82, 2.24) is 0 Å². The zero-order valence-corrected chi connectivity index (χ0v) is 9.68.